The van der Waals surface area contributed by atoms with Crippen molar-refractivity contribution in [3.05, 3.63) is 108 Å². The fourth-order valence-corrected chi connectivity index (χ4v) is 7.70. The lowest BCUT2D eigenvalue weighted by molar-refractivity contribution is -0.324. The third kappa shape index (κ3) is 17.0. The summed E-state index contributed by atoms with van der Waals surface area (Å²) in [6.07, 6.45) is -10.8. The van der Waals surface area contributed by atoms with Gasteiger partial charge < -0.3 is 52.1 Å². The largest absolute Gasteiger partial charge is 0.462 e. The molecular formula is C46H58O16S. The topological polar surface area (TPSA) is 187 Å². The molecule has 0 N–H and O–H groups in total. The van der Waals surface area contributed by atoms with Crippen molar-refractivity contribution >= 4 is 41.6 Å². The summed E-state index contributed by atoms with van der Waals surface area (Å²) < 4.78 is 66.9. The molecule has 3 aromatic carbocycles. The molecule has 344 valence electrons. The second-order valence-electron chi connectivity index (χ2n) is 14.4. The molecule has 0 spiro atoms. The first-order valence-corrected chi connectivity index (χ1v) is 21.5. The van der Waals surface area contributed by atoms with E-state index in [4.69, 9.17) is 52.1 Å². The number of rotatable bonds is 25. The Bertz CT molecular complexity index is 1850. The summed E-state index contributed by atoms with van der Waals surface area (Å²) in [6.45, 7) is 7.08. The molecule has 63 heavy (non-hydrogen) atoms. The molecule has 3 aromatic rings. The molecule has 1 heterocycles. The summed E-state index contributed by atoms with van der Waals surface area (Å²) in [7, 11) is 1.49. The van der Waals surface area contributed by atoms with Crippen LogP contribution in [0, 0.1) is 0 Å². The van der Waals surface area contributed by atoms with E-state index in [1.807, 2.05) is 97.9 Å². The van der Waals surface area contributed by atoms with Gasteiger partial charge in [-0.15, -0.1) is 11.8 Å². The van der Waals surface area contributed by atoms with E-state index in [0.717, 1.165) is 51.3 Å². The Labute approximate surface area is 372 Å². The summed E-state index contributed by atoms with van der Waals surface area (Å²) in [5.41, 5.74) is 1.53. The number of hydrogen-bond donors (Lipinski definition) is 0. The summed E-state index contributed by atoms with van der Waals surface area (Å²) in [6, 6.07) is 28.8. The highest BCUT2D eigenvalue weighted by Crippen LogP contribution is 2.34. The van der Waals surface area contributed by atoms with Crippen LogP contribution in [0.15, 0.2) is 91.0 Å². The molecule has 4 rings (SSSR count). The second-order valence-corrected chi connectivity index (χ2v) is 15.8. The molecule has 0 amide bonds. The third-order valence-corrected chi connectivity index (χ3v) is 10.5. The Morgan fingerprint density at radius 1 is 0.571 bits per heavy atom. The van der Waals surface area contributed by atoms with Gasteiger partial charge in [0, 0.05) is 41.7 Å². The van der Waals surface area contributed by atoms with Crippen molar-refractivity contribution < 1.29 is 76.1 Å². The Kier molecular flexibility index (Phi) is 21.5. The molecule has 17 heteroatoms. The quantitative estimate of drug-likeness (QED) is 0.0589. The van der Waals surface area contributed by atoms with Crippen molar-refractivity contribution in [1.82, 2.24) is 0 Å². The van der Waals surface area contributed by atoms with Crippen LogP contribution >= 0.6 is 11.8 Å². The van der Waals surface area contributed by atoms with Crippen LogP contribution < -0.4 is 0 Å². The highest BCUT2D eigenvalue weighted by Gasteiger charge is 2.51. The number of ether oxygens (including phenoxy) is 11. The molecule has 0 bridgehead atoms. The second kappa shape index (κ2) is 26.7. The van der Waals surface area contributed by atoms with Crippen LogP contribution in [0.5, 0.6) is 0 Å². The smallest absolute Gasteiger partial charge is 0.303 e. The van der Waals surface area contributed by atoms with Gasteiger partial charge in [-0.3, -0.25) is 24.0 Å². The van der Waals surface area contributed by atoms with Crippen LogP contribution in [0.2, 0.25) is 0 Å². The highest BCUT2D eigenvalue weighted by molar-refractivity contribution is 7.99. The number of carbonyl (C=O) groups is 5. The average Bonchev–Trinajstić information content (AvgIpc) is 3.25. The van der Waals surface area contributed by atoms with Gasteiger partial charge in [0.05, 0.1) is 26.4 Å². The van der Waals surface area contributed by atoms with Crippen LogP contribution in [-0.4, -0.2) is 116 Å². The van der Waals surface area contributed by atoms with E-state index in [9.17, 15) is 24.0 Å². The van der Waals surface area contributed by atoms with Gasteiger partial charge in [-0.25, -0.2) is 0 Å². The zero-order chi connectivity index (χ0) is 45.7. The predicted molar refractivity (Wildman–Crippen MR) is 227 cm³/mol. The van der Waals surface area contributed by atoms with Crippen molar-refractivity contribution in [1.29, 1.82) is 0 Å². The summed E-state index contributed by atoms with van der Waals surface area (Å²) in [5, 5.41) is 0. The van der Waals surface area contributed by atoms with E-state index in [1.54, 1.807) is 0 Å². The van der Waals surface area contributed by atoms with Gasteiger partial charge >= 0.3 is 29.8 Å². The molecule has 0 saturated carbocycles. The van der Waals surface area contributed by atoms with Crippen molar-refractivity contribution in [3.63, 3.8) is 0 Å². The maximum absolute atomic E-state index is 12.9. The Hall–Kier alpha value is -4.88. The predicted octanol–water partition coefficient (Wildman–Crippen LogP) is 5.50. The van der Waals surface area contributed by atoms with E-state index in [-0.39, 0.29) is 26.4 Å². The molecule has 1 aliphatic rings. The lowest BCUT2D eigenvalue weighted by Gasteiger charge is -2.46. The monoisotopic (exact) mass is 898 g/mol. The Balaban J connectivity index is 1.77. The van der Waals surface area contributed by atoms with Crippen LogP contribution in [0.25, 0.3) is 0 Å². The van der Waals surface area contributed by atoms with Gasteiger partial charge in [0.15, 0.2) is 30.7 Å². The van der Waals surface area contributed by atoms with Gasteiger partial charge in [-0.05, 0) is 22.4 Å². The fourth-order valence-electron chi connectivity index (χ4n) is 6.80. The number of hydrogen-bond acceptors (Lipinski definition) is 17. The van der Waals surface area contributed by atoms with Crippen molar-refractivity contribution in [2.45, 2.75) is 122 Å². The SMILES string of the molecule is CCS[C@@H](OC[C@H]1O[C@H](OC)[C@@H](OCc2ccccc2)[C@@H](OCc2ccccc2)[C@@H]1OCc1ccccc1)[C@H](OC(C)=O)[C@@H](OC(C)=O)[C@@H](OC(C)=O)[C@H](COC(C)=O)OC(C)=O. The van der Waals surface area contributed by atoms with E-state index >= 15 is 0 Å². The molecule has 0 radical (unpaired) electrons. The summed E-state index contributed by atoms with van der Waals surface area (Å²) in [4.78, 5) is 62.5. The minimum Gasteiger partial charge on any atom is -0.462 e. The number of benzene rings is 3. The molecule has 16 nitrogen and oxygen atoms in total. The third-order valence-electron chi connectivity index (χ3n) is 9.39. The van der Waals surface area contributed by atoms with E-state index in [0.29, 0.717) is 5.75 Å². The molecule has 0 unspecified atom stereocenters. The van der Waals surface area contributed by atoms with Gasteiger partial charge in [-0.2, -0.15) is 0 Å². The van der Waals surface area contributed by atoms with Crippen molar-refractivity contribution in [3.8, 4) is 0 Å². The summed E-state index contributed by atoms with van der Waals surface area (Å²) >= 11 is 1.18. The first kappa shape index (κ1) is 50.8. The van der Waals surface area contributed by atoms with Crippen LogP contribution in [-0.2, 0) is 95.9 Å². The minimum atomic E-state index is -1.67. The zero-order valence-corrected chi connectivity index (χ0v) is 37.4. The first-order chi connectivity index (χ1) is 30.3. The van der Waals surface area contributed by atoms with Crippen molar-refractivity contribution in [2.24, 2.45) is 0 Å². The van der Waals surface area contributed by atoms with Gasteiger partial charge in [0.25, 0.3) is 0 Å². The number of carbonyl (C=O) groups excluding carboxylic acids is 5. The molecule has 10 atom stereocenters. The van der Waals surface area contributed by atoms with E-state index in [1.165, 1.54) is 18.9 Å². The molecule has 0 aliphatic carbocycles. The van der Waals surface area contributed by atoms with Crippen molar-refractivity contribution in [2.75, 3.05) is 26.1 Å². The molecule has 1 aliphatic heterocycles. The Morgan fingerprint density at radius 2 is 1.02 bits per heavy atom. The van der Waals surface area contributed by atoms with Crippen LogP contribution in [0.1, 0.15) is 58.2 Å². The fraction of sp³-hybridized carbons (Fsp3) is 0.500. The van der Waals surface area contributed by atoms with Gasteiger partial charge in [0.2, 0.25) is 0 Å². The standard InChI is InChI=1S/C46H58O16S/c1-8-63-46(44(61-33(6)51)42(60-32(5)50)40(59-31(4)49)38(58-30(3)48)27-53-29(2)47)57-28-37-39(54-24-34-18-12-9-13-19-34)41(55-25-35-20-14-10-15-21-35)43(45(52-7)62-37)56-26-36-22-16-11-17-23-36/h9-23,37-46H,8,24-28H2,1-7H3/t37-,38+,39-,40+,41+,42+,43+,44-,45+,46-/m1/s1. The van der Waals surface area contributed by atoms with Crippen LogP contribution in [0.4, 0.5) is 0 Å². The van der Waals surface area contributed by atoms with Gasteiger partial charge in [-0.1, -0.05) is 97.9 Å². The van der Waals surface area contributed by atoms with Gasteiger partial charge in [0.1, 0.15) is 36.5 Å². The zero-order valence-electron chi connectivity index (χ0n) is 36.6. The summed E-state index contributed by atoms with van der Waals surface area (Å²) in [5.74, 6) is -3.72. The minimum absolute atomic E-state index is 0.154. The first-order valence-electron chi connectivity index (χ1n) is 20.5. The molecule has 0 aromatic heterocycles. The Morgan fingerprint density at radius 3 is 1.46 bits per heavy atom. The average molecular weight is 899 g/mol. The number of thioether (sulfide) groups is 1. The number of methoxy groups -OCH3 is 1. The van der Waals surface area contributed by atoms with E-state index < -0.39 is 97.0 Å². The highest BCUT2D eigenvalue weighted by atomic mass is 32.2. The maximum atomic E-state index is 12.9. The normalized spacial score (nSPS) is 20.8. The van der Waals surface area contributed by atoms with Crippen LogP contribution in [0.3, 0.4) is 0 Å². The number of esters is 5. The molecule has 1 fully saturated rings. The lowest BCUT2D eigenvalue weighted by Crippen LogP contribution is -2.62. The lowest BCUT2D eigenvalue weighted by atomic mass is 9.97. The molecular weight excluding hydrogens is 841 g/mol. The van der Waals surface area contributed by atoms with E-state index in [2.05, 4.69) is 0 Å². The molecule has 1 saturated heterocycles. The maximum Gasteiger partial charge on any atom is 0.303 e.